The van der Waals surface area contributed by atoms with E-state index in [1.54, 1.807) is 12.3 Å². The number of pyridine rings is 1. The number of benzene rings is 1. The van der Waals surface area contributed by atoms with Gasteiger partial charge in [0.05, 0.1) is 10.6 Å². The molecule has 0 aliphatic rings. The van der Waals surface area contributed by atoms with Crippen molar-refractivity contribution in [2.75, 3.05) is 0 Å². The first-order valence-electron chi connectivity index (χ1n) is 5.70. The van der Waals surface area contributed by atoms with Crippen molar-refractivity contribution in [1.29, 1.82) is 0 Å². The molecule has 0 spiro atoms. The minimum Gasteiger partial charge on any atom is -0.326 e. The Balaban J connectivity index is 2.54. The quantitative estimate of drug-likeness (QED) is 0.879. The number of rotatable bonds is 3. The monoisotopic (exact) mass is 277 g/mol. The van der Waals surface area contributed by atoms with Crippen molar-refractivity contribution in [2.45, 2.75) is 18.4 Å². The third-order valence-corrected chi connectivity index (χ3v) is 3.78. The molecular formula is C13H15N3O2S. The normalized spacial score (nSPS) is 11.5. The van der Waals surface area contributed by atoms with E-state index in [2.05, 4.69) is 4.98 Å². The maximum Gasteiger partial charge on any atom is 0.238 e. The molecule has 2 rings (SSSR count). The van der Waals surface area contributed by atoms with Crippen molar-refractivity contribution in [3.8, 4) is 11.3 Å². The van der Waals surface area contributed by atoms with Crippen LogP contribution in [-0.2, 0) is 16.6 Å². The maximum absolute atomic E-state index is 11.4. The van der Waals surface area contributed by atoms with Gasteiger partial charge < -0.3 is 5.73 Å². The van der Waals surface area contributed by atoms with Crippen LogP contribution in [-0.4, -0.2) is 13.4 Å². The Bertz CT molecular complexity index is 694. The van der Waals surface area contributed by atoms with E-state index in [1.807, 2.05) is 19.1 Å². The van der Waals surface area contributed by atoms with Gasteiger partial charge in [0.25, 0.3) is 0 Å². The fourth-order valence-corrected chi connectivity index (χ4v) is 2.30. The predicted molar refractivity (Wildman–Crippen MR) is 73.7 cm³/mol. The lowest BCUT2D eigenvalue weighted by Gasteiger charge is -2.08. The third kappa shape index (κ3) is 2.98. The van der Waals surface area contributed by atoms with Crippen LogP contribution in [0.3, 0.4) is 0 Å². The Kier molecular flexibility index (Phi) is 3.66. The number of nitrogens with zero attached hydrogens (tertiary/aromatic N) is 1. The van der Waals surface area contributed by atoms with E-state index in [4.69, 9.17) is 10.9 Å². The van der Waals surface area contributed by atoms with Crippen molar-refractivity contribution in [3.63, 3.8) is 0 Å². The summed E-state index contributed by atoms with van der Waals surface area (Å²) in [5.41, 5.74) is 8.81. The molecule has 19 heavy (non-hydrogen) atoms. The summed E-state index contributed by atoms with van der Waals surface area (Å²) in [5, 5.41) is 5.13. The second-order valence-electron chi connectivity index (χ2n) is 4.28. The van der Waals surface area contributed by atoms with E-state index in [0.29, 0.717) is 12.2 Å². The van der Waals surface area contributed by atoms with Gasteiger partial charge in [-0.3, -0.25) is 4.98 Å². The van der Waals surface area contributed by atoms with E-state index in [1.165, 1.54) is 12.1 Å². The van der Waals surface area contributed by atoms with Gasteiger partial charge in [-0.2, -0.15) is 0 Å². The van der Waals surface area contributed by atoms with Crippen molar-refractivity contribution in [3.05, 3.63) is 47.7 Å². The Morgan fingerprint density at radius 3 is 2.47 bits per heavy atom. The molecule has 0 saturated heterocycles. The van der Waals surface area contributed by atoms with Crippen LogP contribution < -0.4 is 10.9 Å². The highest BCUT2D eigenvalue weighted by Crippen LogP contribution is 2.24. The van der Waals surface area contributed by atoms with E-state index in [9.17, 15) is 8.42 Å². The van der Waals surface area contributed by atoms with E-state index in [0.717, 1.165) is 16.7 Å². The summed E-state index contributed by atoms with van der Waals surface area (Å²) in [7, 11) is -3.71. The fourth-order valence-electron chi connectivity index (χ4n) is 1.76. The fraction of sp³-hybridized carbons (Fsp3) is 0.154. The molecule has 0 unspecified atom stereocenters. The number of aromatic nitrogens is 1. The van der Waals surface area contributed by atoms with Gasteiger partial charge in [0.2, 0.25) is 10.0 Å². The molecule has 5 nitrogen and oxygen atoms in total. The molecule has 6 heteroatoms. The molecule has 4 N–H and O–H groups in total. The number of nitrogens with two attached hydrogens (primary N) is 2. The molecule has 1 aromatic heterocycles. The number of aryl methyl sites for hydroxylation is 1. The summed E-state index contributed by atoms with van der Waals surface area (Å²) in [5.74, 6) is 0. The summed E-state index contributed by atoms with van der Waals surface area (Å²) in [6.07, 6.45) is 1.68. The SMILES string of the molecule is Cc1ccc(S(N)(=O)=O)cc1-c1ccc(CN)cn1. The molecule has 0 saturated carbocycles. The first-order chi connectivity index (χ1) is 8.91. The Morgan fingerprint density at radius 2 is 1.95 bits per heavy atom. The van der Waals surface area contributed by atoms with Crippen molar-refractivity contribution >= 4 is 10.0 Å². The summed E-state index contributed by atoms with van der Waals surface area (Å²) in [6, 6.07) is 8.42. The molecule has 1 aromatic carbocycles. The highest BCUT2D eigenvalue weighted by Gasteiger charge is 2.11. The standard InChI is InChI=1S/C13H15N3O2S/c1-9-2-4-11(19(15,17)18)6-12(9)13-5-3-10(7-14)8-16-13/h2-6,8H,7,14H2,1H3,(H2,15,17,18). The largest absolute Gasteiger partial charge is 0.326 e. The topological polar surface area (TPSA) is 99.1 Å². The molecule has 0 aliphatic carbocycles. The molecule has 0 amide bonds. The number of hydrogen-bond donors (Lipinski definition) is 2. The van der Waals surface area contributed by atoms with Gasteiger partial charge in [-0.15, -0.1) is 0 Å². The second-order valence-corrected chi connectivity index (χ2v) is 5.84. The van der Waals surface area contributed by atoms with E-state index < -0.39 is 10.0 Å². The first-order valence-corrected chi connectivity index (χ1v) is 7.25. The number of sulfonamides is 1. The Hall–Kier alpha value is -1.76. The highest BCUT2D eigenvalue weighted by atomic mass is 32.2. The maximum atomic E-state index is 11.4. The first kappa shape index (κ1) is 13.7. The molecule has 0 bridgehead atoms. The molecule has 0 atom stereocenters. The Labute approximate surface area is 112 Å². The second kappa shape index (κ2) is 5.08. The van der Waals surface area contributed by atoms with E-state index >= 15 is 0 Å². The molecule has 1 heterocycles. The zero-order valence-electron chi connectivity index (χ0n) is 10.5. The van der Waals surface area contributed by atoms with Crippen LogP contribution in [0.25, 0.3) is 11.3 Å². The molecule has 100 valence electrons. The van der Waals surface area contributed by atoms with Gasteiger partial charge in [-0.05, 0) is 36.2 Å². The van der Waals surface area contributed by atoms with Crippen LogP contribution in [0.1, 0.15) is 11.1 Å². The van der Waals surface area contributed by atoms with Crippen molar-refractivity contribution < 1.29 is 8.42 Å². The summed E-state index contributed by atoms with van der Waals surface area (Å²) in [6.45, 7) is 2.31. The zero-order valence-corrected chi connectivity index (χ0v) is 11.3. The smallest absolute Gasteiger partial charge is 0.238 e. The minimum absolute atomic E-state index is 0.0813. The van der Waals surface area contributed by atoms with Crippen molar-refractivity contribution in [2.24, 2.45) is 10.9 Å². The van der Waals surface area contributed by atoms with Gasteiger partial charge >= 0.3 is 0 Å². The van der Waals surface area contributed by atoms with Gasteiger partial charge in [0.1, 0.15) is 0 Å². The van der Waals surface area contributed by atoms with Gasteiger partial charge in [-0.25, -0.2) is 13.6 Å². The van der Waals surface area contributed by atoms with Crippen LogP contribution in [0, 0.1) is 6.92 Å². The van der Waals surface area contributed by atoms with Gasteiger partial charge in [0.15, 0.2) is 0 Å². The summed E-state index contributed by atoms with van der Waals surface area (Å²) in [4.78, 5) is 4.37. The average molecular weight is 277 g/mol. The third-order valence-electron chi connectivity index (χ3n) is 2.87. The molecular weight excluding hydrogens is 262 g/mol. The number of primary sulfonamides is 1. The van der Waals surface area contributed by atoms with Crippen LogP contribution in [0.5, 0.6) is 0 Å². The molecule has 0 radical (unpaired) electrons. The Morgan fingerprint density at radius 1 is 1.21 bits per heavy atom. The summed E-state index contributed by atoms with van der Waals surface area (Å²) >= 11 is 0. The lowest BCUT2D eigenvalue weighted by atomic mass is 10.0. The van der Waals surface area contributed by atoms with Gasteiger partial charge in [-0.1, -0.05) is 12.1 Å². The van der Waals surface area contributed by atoms with Crippen LogP contribution in [0.4, 0.5) is 0 Å². The van der Waals surface area contributed by atoms with Crippen LogP contribution >= 0.6 is 0 Å². The molecule has 0 aliphatic heterocycles. The highest BCUT2D eigenvalue weighted by molar-refractivity contribution is 7.89. The van der Waals surface area contributed by atoms with Crippen LogP contribution in [0.2, 0.25) is 0 Å². The molecule has 2 aromatic rings. The predicted octanol–water partition coefficient (Wildman–Crippen LogP) is 1.16. The zero-order chi connectivity index (χ0) is 14.0. The average Bonchev–Trinajstić information content (AvgIpc) is 2.38. The number of hydrogen-bond acceptors (Lipinski definition) is 4. The summed E-state index contributed by atoms with van der Waals surface area (Å²) < 4.78 is 22.7. The lowest BCUT2D eigenvalue weighted by Crippen LogP contribution is -2.12. The molecule has 0 fully saturated rings. The van der Waals surface area contributed by atoms with Crippen LogP contribution in [0.15, 0.2) is 41.4 Å². The lowest BCUT2D eigenvalue weighted by molar-refractivity contribution is 0.598. The van der Waals surface area contributed by atoms with Gasteiger partial charge in [0, 0.05) is 18.3 Å². The minimum atomic E-state index is -3.71. The van der Waals surface area contributed by atoms with Crippen molar-refractivity contribution in [1.82, 2.24) is 4.98 Å². The van der Waals surface area contributed by atoms with E-state index in [-0.39, 0.29) is 4.90 Å².